The second-order valence-electron chi connectivity index (χ2n) is 3.92. The lowest BCUT2D eigenvalue weighted by molar-refractivity contribution is 0.187. The summed E-state index contributed by atoms with van der Waals surface area (Å²) in [5.41, 5.74) is 0. The molecule has 0 aromatic rings. The summed E-state index contributed by atoms with van der Waals surface area (Å²) in [5.74, 6) is 0.806. The highest BCUT2D eigenvalue weighted by molar-refractivity contribution is 4.81. The smallest absolute Gasteiger partial charge is 0.0462 e. The monoisotopic (exact) mass is 171 g/mol. The van der Waals surface area contributed by atoms with Crippen LogP contribution in [0.25, 0.3) is 0 Å². The third kappa shape index (κ3) is 4.73. The summed E-state index contributed by atoms with van der Waals surface area (Å²) in [6, 6.07) is 0.856. The van der Waals surface area contributed by atoms with Crippen LogP contribution < -0.4 is 5.32 Å². The standard InChI is InChI=1S/C10H21NO/c1-9(4-3-7-12-2)8-11-10-5-6-10/h9-11H,3-8H2,1-2H3. The van der Waals surface area contributed by atoms with Gasteiger partial charge in [-0.25, -0.2) is 0 Å². The molecule has 0 aliphatic heterocycles. The molecular formula is C10H21NO. The molecule has 0 saturated heterocycles. The van der Waals surface area contributed by atoms with Crippen molar-refractivity contribution in [1.29, 1.82) is 0 Å². The molecule has 1 N–H and O–H groups in total. The van der Waals surface area contributed by atoms with Crippen molar-refractivity contribution in [2.45, 2.75) is 38.6 Å². The predicted octanol–water partition coefficient (Wildman–Crippen LogP) is 1.80. The Morgan fingerprint density at radius 2 is 2.25 bits per heavy atom. The van der Waals surface area contributed by atoms with Gasteiger partial charge in [-0.1, -0.05) is 6.92 Å². The molecule has 1 aliphatic rings. The third-order valence-electron chi connectivity index (χ3n) is 2.38. The Balaban J connectivity index is 1.84. The van der Waals surface area contributed by atoms with E-state index in [0.717, 1.165) is 18.6 Å². The first kappa shape index (κ1) is 10.0. The van der Waals surface area contributed by atoms with Gasteiger partial charge in [-0.15, -0.1) is 0 Å². The van der Waals surface area contributed by atoms with Crippen LogP contribution in [0.2, 0.25) is 0 Å². The van der Waals surface area contributed by atoms with Crippen molar-refractivity contribution < 1.29 is 4.74 Å². The summed E-state index contributed by atoms with van der Waals surface area (Å²) < 4.78 is 5.01. The highest BCUT2D eigenvalue weighted by Gasteiger charge is 2.20. The predicted molar refractivity (Wildman–Crippen MR) is 51.3 cm³/mol. The fourth-order valence-corrected chi connectivity index (χ4v) is 1.33. The Labute approximate surface area is 75.7 Å². The molecule has 1 rings (SSSR count). The molecule has 0 spiro atoms. The van der Waals surface area contributed by atoms with Gasteiger partial charge >= 0.3 is 0 Å². The molecule has 1 aliphatic carbocycles. The number of rotatable bonds is 7. The van der Waals surface area contributed by atoms with E-state index in [-0.39, 0.29) is 0 Å². The van der Waals surface area contributed by atoms with Gasteiger partial charge in [-0.2, -0.15) is 0 Å². The van der Waals surface area contributed by atoms with Gasteiger partial charge < -0.3 is 10.1 Å². The molecule has 1 atom stereocenters. The summed E-state index contributed by atoms with van der Waals surface area (Å²) in [7, 11) is 1.77. The highest BCUT2D eigenvalue weighted by Crippen LogP contribution is 2.19. The van der Waals surface area contributed by atoms with Gasteiger partial charge in [0.1, 0.15) is 0 Å². The molecule has 72 valence electrons. The largest absolute Gasteiger partial charge is 0.385 e. The minimum Gasteiger partial charge on any atom is -0.385 e. The zero-order valence-electron chi connectivity index (χ0n) is 8.31. The quantitative estimate of drug-likeness (QED) is 0.590. The molecule has 0 aromatic carbocycles. The van der Waals surface area contributed by atoms with Gasteiger partial charge in [0.05, 0.1) is 0 Å². The maximum atomic E-state index is 5.01. The molecule has 0 radical (unpaired) electrons. The third-order valence-corrected chi connectivity index (χ3v) is 2.38. The molecule has 0 heterocycles. The van der Waals surface area contributed by atoms with Crippen LogP contribution in [0.4, 0.5) is 0 Å². The molecule has 0 amide bonds. The van der Waals surface area contributed by atoms with Gasteiger partial charge in [0.15, 0.2) is 0 Å². The molecule has 2 nitrogen and oxygen atoms in total. The lowest BCUT2D eigenvalue weighted by Gasteiger charge is -2.11. The Kier molecular flexibility index (Phi) is 4.62. The van der Waals surface area contributed by atoms with Crippen LogP contribution in [-0.2, 0) is 4.74 Å². The maximum absolute atomic E-state index is 5.01. The van der Waals surface area contributed by atoms with E-state index in [2.05, 4.69) is 12.2 Å². The number of nitrogens with one attached hydrogen (secondary N) is 1. The normalized spacial score (nSPS) is 19.5. The number of ether oxygens (including phenoxy) is 1. The second-order valence-corrected chi connectivity index (χ2v) is 3.92. The average Bonchev–Trinajstić information content (AvgIpc) is 2.84. The Morgan fingerprint density at radius 3 is 2.83 bits per heavy atom. The van der Waals surface area contributed by atoms with Crippen LogP contribution in [0.15, 0.2) is 0 Å². The van der Waals surface area contributed by atoms with Crippen LogP contribution >= 0.6 is 0 Å². The van der Waals surface area contributed by atoms with Gasteiger partial charge in [0.2, 0.25) is 0 Å². The van der Waals surface area contributed by atoms with Crippen molar-refractivity contribution in [1.82, 2.24) is 5.32 Å². The fraction of sp³-hybridized carbons (Fsp3) is 1.00. The molecule has 0 bridgehead atoms. The van der Waals surface area contributed by atoms with Crippen LogP contribution in [0, 0.1) is 5.92 Å². The molecule has 1 saturated carbocycles. The van der Waals surface area contributed by atoms with Gasteiger partial charge in [0, 0.05) is 19.8 Å². The van der Waals surface area contributed by atoms with Crippen molar-refractivity contribution in [2.75, 3.05) is 20.3 Å². The van der Waals surface area contributed by atoms with Crippen LogP contribution in [0.5, 0.6) is 0 Å². The van der Waals surface area contributed by atoms with E-state index in [0.29, 0.717) is 0 Å². The van der Waals surface area contributed by atoms with E-state index in [9.17, 15) is 0 Å². The summed E-state index contributed by atoms with van der Waals surface area (Å²) in [4.78, 5) is 0. The average molecular weight is 171 g/mol. The van der Waals surface area contributed by atoms with E-state index in [1.807, 2.05) is 0 Å². The first-order valence-corrected chi connectivity index (χ1v) is 5.05. The SMILES string of the molecule is COCCCC(C)CNC1CC1. The van der Waals surface area contributed by atoms with Gasteiger partial charge in [-0.3, -0.25) is 0 Å². The number of hydrogen-bond donors (Lipinski definition) is 1. The molecule has 1 unspecified atom stereocenters. The zero-order chi connectivity index (χ0) is 8.81. The summed E-state index contributed by atoms with van der Waals surface area (Å²) in [6.07, 6.45) is 5.27. The lowest BCUT2D eigenvalue weighted by atomic mass is 10.1. The molecule has 2 heteroatoms. The minimum absolute atomic E-state index is 0.806. The highest BCUT2D eigenvalue weighted by atomic mass is 16.5. The zero-order valence-corrected chi connectivity index (χ0v) is 8.31. The van der Waals surface area contributed by atoms with Crippen molar-refractivity contribution in [3.05, 3.63) is 0 Å². The summed E-state index contributed by atoms with van der Waals surface area (Å²) in [5, 5.41) is 3.54. The molecule has 1 fully saturated rings. The van der Waals surface area contributed by atoms with Crippen LogP contribution in [-0.4, -0.2) is 26.3 Å². The molecular weight excluding hydrogens is 150 g/mol. The number of methoxy groups -OCH3 is 1. The van der Waals surface area contributed by atoms with Crippen molar-refractivity contribution in [2.24, 2.45) is 5.92 Å². The fourth-order valence-electron chi connectivity index (χ4n) is 1.33. The Hall–Kier alpha value is -0.0800. The topological polar surface area (TPSA) is 21.3 Å². The second kappa shape index (κ2) is 5.55. The van der Waals surface area contributed by atoms with Gasteiger partial charge in [-0.05, 0) is 38.1 Å². The van der Waals surface area contributed by atoms with Crippen LogP contribution in [0.1, 0.15) is 32.6 Å². The summed E-state index contributed by atoms with van der Waals surface area (Å²) >= 11 is 0. The van der Waals surface area contributed by atoms with E-state index in [4.69, 9.17) is 4.74 Å². The Bertz CT molecular complexity index is 112. The van der Waals surface area contributed by atoms with E-state index in [1.165, 1.54) is 32.2 Å². The summed E-state index contributed by atoms with van der Waals surface area (Å²) in [6.45, 7) is 4.41. The van der Waals surface area contributed by atoms with E-state index < -0.39 is 0 Å². The van der Waals surface area contributed by atoms with Crippen molar-refractivity contribution in [3.8, 4) is 0 Å². The lowest BCUT2D eigenvalue weighted by Crippen LogP contribution is -2.23. The minimum atomic E-state index is 0.806. The Morgan fingerprint density at radius 1 is 1.50 bits per heavy atom. The first-order valence-electron chi connectivity index (χ1n) is 5.05. The van der Waals surface area contributed by atoms with Crippen molar-refractivity contribution in [3.63, 3.8) is 0 Å². The number of hydrogen-bond acceptors (Lipinski definition) is 2. The van der Waals surface area contributed by atoms with Crippen LogP contribution in [0.3, 0.4) is 0 Å². The first-order chi connectivity index (χ1) is 5.83. The van der Waals surface area contributed by atoms with Crippen molar-refractivity contribution >= 4 is 0 Å². The van der Waals surface area contributed by atoms with Gasteiger partial charge in [0.25, 0.3) is 0 Å². The van der Waals surface area contributed by atoms with E-state index in [1.54, 1.807) is 7.11 Å². The van der Waals surface area contributed by atoms with E-state index >= 15 is 0 Å². The molecule has 12 heavy (non-hydrogen) atoms. The maximum Gasteiger partial charge on any atom is 0.0462 e. The molecule has 0 aromatic heterocycles.